The number of sulfonamides is 1. The van der Waals surface area contributed by atoms with Crippen LogP contribution in [0.4, 0.5) is 0 Å². The summed E-state index contributed by atoms with van der Waals surface area (Å²) >= 11 is -2.02. The molecule has 1 amide bonds. The first kappa shape index (κ1) is 37.0. The van der Waals surface area contributed by atoms with Gasteiger partial charge in [0.2, 0.25) is 0 Å². The monoisotopic (exact) mass is 901 g/mol. The molecule has 6 rings (SSSR count). The molecule has 6 nitrogen and oxygen atoms in total. The van der Waals surface area contributed by atoms with Crippen LogP contribution in [0.1, 0.15) is 93.4 Å². The molecule has 2 saturated heterocycles. The average Bonchev–Trinajstić information content (AvgIpc) is 3.74. The molecule has 0 N–H and O–H groups in total. The number of ether oxygens (including phenoxy) is 1. The first-order chi connectivity index (χ1) is 22.6. The van der Waals surface area contributed by atoms with Gasteiger partial charge in [-0.1, -0.05) is 0 Å². The van der Waals surface area contributed by atoms with Crippen molar-refractivity contribution in [2.75, 3.05) is 5.75 Å². The molecule has 2 heterocycles. The van der Waals surface area contributed by atoms with Crippen molar-refractivity contribution in [2.45, 2.75) is 126 Å². The van der Waals surface area contributed by atoms with E-state index in [0.29, 0.717) is 5.92 Å². The van der Waals surface area contributed by atoms with Crippen molar-refractivity contribution < 1.29 is 45.7 Å². The summed E-state index contributed by atoms with van der Waals surface area (Å²) in [5, 5.41) is 2.36. The van der Waals surface area contributed by atoms with Crippen LogP contribution in [0.15, 0.2) is 60.7 Å². The van der Waals surface area contributed by atoms with Crippen molar-refractivity contribution in [3.05, 3.63) is 60.7 Å². The maximum atomic E-state index is 14.2. The number of fused-ring (bicyclic) bond motifs is 1. The van der Waals surface area contributed by atoms with Crippen LogP contribution in [0.2, 0.25) is 8.46 Å². The van der Waals surface area contributed by atoms with Gasteiger partial charge in [-0.15, -0.1) is 0 Å². The Bertz CT molecular complexity index is 1530. The Hall–Kier alpha value is -0.778. The van der Waals surface area contributed by atoms with Crippen molar-refractivity contribution in [1.82, 2.24) is 4.31 Å². The van der Waals surface area contributed by atoms with Gasteiger partial charge in [-0.2, -0.15) is 0 Å². The Morgan fingerprint density at radius 2 is 1.62 bits per heavy atom. The number of hydrogen-bond donors (Lipinski definition) is 0. The molecule has 10 heteroatoms. The molecule has 2 saturated carbocycles. The standard InChI is InChI=1S/C38H54NO5SSi.ClH.Hg/c1-8-15-30(44-46(36(3,4)5,31-16-11-9-12-17-31)32-18-13-10-14-19-32)25-29-20-21-33(43-29)27(2)35(40)39-34-24-28-22-23-38(34,37(28,6)7)26-45(39,41)42;;/h9-14,16-19,25,27-30,33-34H,8,15,20-24,26H2,1-7H3;1H;/q;;+1/p-1/t27-,28-,29+,30+,33+,34-,38-;;/m0../s1. The van der Waals surface area contributed by atoms with Gasteiger partial charge >= 0.3 is 308 Å². The average molecular weight is 901 g/mol. The van der Waals surface area contributed by atoms with Gasteiger partial charge in [0.1, 0.15) is 0 Å². The van der Waals surface area contributed by atoms with E-state index in [2.05, 4.69) is 102 Å². The van der Waals surface area contributed by atoms with E-state index in [1.807, 2.05) is 6.92 Å². The van der Waals surface area contributed by atoms with Crippen molar-refractivity contribution in [1.29, 1.82) is 0 Å². The Balaban J connectivity index is 1.25. The Morgan fingerprint density at radius 1 is 1.04 bits per heavy atom. The number of nitrogens with zero attached hydrogens (tertiary/aromatic N) is 1. The number of hydrogen-bond acceptors (Lipinski definition) is 5. The Kier molecular flexibility index (Phi) is 10.5. The van der Waals surface area contributed by atoms with Gasteiger partial charge < -0.3 is 0 Å². The topological polar surface area (TPSA) is 72.9 Å². The molecule has 2 aromatic rings. The van der Waals surface area contributed by atoms with Crippen molar-refractivity contribution in [3.8, 4) is 0 Å². The Labute approximate surface area is 306 Å². The molecule has 0 aromatic heterocycles. The van der Waals surface area contributed by atoms with Gasteiger partial charge in [0.25, 0.3) is 0 Å². The van der Waals surface area contributed by atoms with E-state index in [1.54, 1.807) is 0 Å². The predicted molar refractivity (Wildman–Crippen MR) is 192 cm³/mol. The third kappa shape index (κ3) is 5.92. The molecule has 2 aliphatic heterocycles. The molecule has 0 radical (unpaired) electrons. The van der Waals surface area contributed by atoms with E-state index in [-0.39, 0.29) is 55.3 Å². The number of carbonyl (C=O) groups is 1. The summed E-state index contributed by atoms with van der Waals surface area (Å²) in [6.45, 7) is 15.5. The van der Waals surface area contributed by atoms with Gasteiger partial charge in [-0.25, -0.2) is 0 Å². The van der Waals surface area contributed by atoms with Crippen LogP contribution in [0.25, 0.3) is 0 Å². The summed E-state index contributed by atoms with van der Waals surface area (Å²) in [6.07, 6.45) is 5.71. The molecule has 2 aliphatic carbocycles. The summed E-state index contributed by atoms with van der Waals surface area (Å²) in [6, 6.07) is 21.3. The number of halogens is 1. The second-order valence-corrected chi connectivity index (χ2v) is 30.4. The maximum absolute atomic E-state index is 14.2. The number of carbonyl (C=O) groups excluding carboxylic acids is 1. The van der Waals surface area contributed by atoms with E-state index in [4.69, 9.17) is 17.4 Å². The van der Waals surface area contributed by atoms with Crippen LogP contribution < -0.4 is 10.4 Å². The van der Waals surface area contributed by atoms with E-state index >= 15 is 0 Å². The molecule has 4 fully saturated rings. The van der Waals surface area contributed by atoms with E-state index in [9.17, 15) is 13.2 Å². The second kappa shape index (κ2) is 13.6. The molecule has 2 aromatic carbocycles. The zero-order chi connectivity index (χ0) is 34.7. The van der Waals surface area contributed by atoms with Crippen molar-refractivity contribution in [2.24, 2.45) is 22.7 Å². The summed E-state index contributed by atoms with van der Waals surface area (Å²) in [7, 11) is 0.607. The van der Waals surface area contributed by atoms with Crippen LogP contribution in [0.3, 0.4) is 0 Å². The van der Waals surface area contributed by atoms with Crippen molar-refractivity contribution in [3.63, 3.8) is 0 Å². The third-order valence-electron chi connectivity index (χ3n) is 13.1. The summed E-state index contributed by atoms with van der Waals surface area (Å²) in [5.41, 5.74) is -0.395. The van der Waals surface area contributed by atoms with Crippen LogP contribution in [0, 0.1) is 22.7 Å². The van der Waals surface area contributed by atoms with Gasteiger partial charge in [0.05, 0.1) is 0 Å². The fraction of sp³-hybridized carbons (Fsp3) is 0.658. The van der Waals surface area contributed by atoms with Gasteiger partial charge in [0.15, 0.2) is 0 Å². The van der Waals surface area contributed by atoms with Crippen molar-refractivity contribution >= 4 is 42.9 Å². The number of rotatable bonds is 11. The van der Waals surface area contributed by atoms with Crippen LogP contribution in [-0.4, -0.2) is 57.1 Å². The minimum atomic E-state index is -3.67. The predicted octanol–water partition coefficient (Wildman–Crippen LogP) is 7.31. The van der Waals surface area contributed by atoms with E-state index in [1.165, 1.54) is 14.7 Å². The normalized spacial score (nSPS) is 30.9. The molecule has 48 heavy (non-hydrogen) atoms. The molecular weight excluding hydrogens is 847 g/mol. The van der Waals surface area contributed by atoms with Crippen LogP contribution in [0.5, 0.6) is 0 Å². The first-order valence-electron chi connectivity index (χ1n) is 18.2. The van der Waals surface area contributed by atoms with Crippen LogP contribution >= 0.6 is 8.25 Å². The molecule has 4 aliphatic rings. The van der Waals surface area contributed by atoms with E-state index < -0.39 is 47.6 Å². The minimum absolute atomic E-state index is 0.0506. The zero-order valence-corrected chi connectivity index (χ0v) is 38.0. The molecule has 260 valence electrons. The SMILES string of the molecule is CCC[C@@H](O[Si](c1ccccc1)(c1ccccc1)C(C)(C)C)[C@@H]([Hg][Cl])[C@H]1CC[C@H]([C@H](C)C(=O)N2[C@H]3C[C@@H]4CC[C@@]3(CS2(=O)=O)C4(C)C)O1. The van der Waals surface area contributed by atoms with E-state index in [0.717, 1.165) is 44.9 Å². The molecule has 0 unspecified atom stereocenters. The molecule has 8 atom stereocenters. The summed E-state index contributed by atoms with van der Waals surface area (Å²) in [5.74, 6) is -0.231. The Morgan fingerprint density at radius 3 is 2.15 bits per heavy atom. The zero-order valence-electron chi connectivity index (χ0n) is 30.0. The third-order valence-corrected chi connectivity index (χ3v) is 28.7. The van der Waals surface area contributed by atoms with Gasteiger partial charge in [-0.05, 0) is 0 Å². The fourth-order valence-corrected chi connectivity index (χ4v) is 26.1. The molecular formula is C38H54ClHgNO5SSi. The quantitative estimate of drug-likeness (QED) is 0.222. The van der Waals surface area contributed by atoms with Gasteiger partial charge in [0, 0.05) is 0 Å². The van der Waals surface area contributed by atoms with Crippen LogP contribution in [-0.2, 0) is 47.3 Å². The summed E-state index contributed by atoms with van der Waals surface area (Å²) in [4.78, 5) is 14.2. The number of amides is 1. The van der Waals surface area contributed by atoms with Gasteiger partial charge in [-0.3, -0.25) is 0 Å². The summed E-state index contributed by atoms with van der Waals surface area (Å²) < 4.78 is 43.4. The first-order valence-corrected chi connectivity index (χ1v) is 31.7. The second-order valence-electron chi connectivity index (χ2n) is 16.8. The molecule has 1 spiro atoms. The number of benzene rings is 2. The fourth-order valence-electron chi connectivity index (χ4n) is 10.3. The molecule has 2 bridgehead atoms.